The number of hydrogen-bond donors (Lipinski definition) is 2. The Hall–Kier alpha value is -2.94. The van der Waals surface area contributed by atoms with Crippen molar-refractivity contribution >= 4 is 23.5 Å². The number of carboxylic acid groups (broad SMARTS) is 1. The lowest BCUT2D eigenvalue weighted by atomic mass is 10.1. The molecule has 1 aromatic rings. The Bertz CT molecular complexity index is 761. The molecule has 2 N–H and O–H groups in total. The summed E-state index contributed by atoms with van der Waals surface area (Å²) in [5.74, 6) is -0.959. The van der Waals surface area contributed by atoms with Crippen LogP contribution in [0.2, 0.25) is 0 Å². The Morgan fingerprint density at radius 1 is 1.30 bits per heavy atom. The molecule has 3 rings (SSSR count). The van der Waals surface area contributed by atoms with Gasteiger partial charge in [0.15, 0.2) is 0 Å². The lowest BCUT2D eigenvalue weighted by Crippen LogP contribution is -2.53. The number of carbonyl (C=O) groups is 3. The standard InChI is InChI=1S/C18H21N3O6/c1-21-16(22)7-6-13(20-21)17(23)19-14-10-26-9-8-15(14)27-12-4-2-11(3-5-12)18(24)25/h2-5,14-15H,6-10H2,1H3,(H,19,23)(H,24,25)/t14-,15-/m1/s1. The van der Waals surface area contributed by atoms with Crippen LogP contribution in [0.1, 0.15) is 29.6 Å². The smallest absolute Gasteiger partial charge is 0.335 e. The lowest BCUT2D eigenvalue weighted by Gasteiger charge is -2.32. The molecule has 1 aromatic carbocycles. The summed E-state index contributed by atoms with van der Waals surface area (Å²) in [4.78, 5) is 34.9. The molecule has 9 nitrogen and oxygen atoms in total. The van der Waals surface area contributed by atoms with Crippen LogP contribution < -0.4 is 10.1 Å². The molecule has 2 aliphatic rings. The summed E-state index contributed by atoms with van der Waals surface area (Å²) in [6, 6.07) is 5.73. The molecule has 9 heteroatoms. The molecule has 2 amide bonds. The van der Waals surface area contributed by atoms with Gasteiger partial charge in [-0.1, -0.05) is 0 Å². The fourth-order valence-electron chi connectivity index (χ4n) is 2.93. The zero-order chi connectivity index (χ0) is 19.4. The number of carboxylic acids is 1. The van der Waals surface area contributed by atoms with Crippen LogP contribution in [0, 0.1) is 0 Å². The number of aromatic carboxylic acids is 1. The molecule has 1 saturated heterocycles. The van der Waals surface area contributed by atoms with Gasteiger partial charge in [0.05, 0.1) is 24.8 Å². The molecule has 2 aliphatic heterocycles. The predicted molar refractivity (Wildman–Crippen MR) is 94.6 cm³/mol. The van der Waals surface area contributed by atoms with E-state index in [1.165, 1.54) is 24.2 Å². The molecule has 1 fully saturated rings. The average Bonchev–Trinajstić information content (AvgIpc) is 2.66. The molecule has 0 spiro atoms. The van der Waals surface area contributed by atoms with Crippen molar-refractivity contribution in [1.82, 2.24) is 10.3 Å². The van der Waals surface area contributed by atoms with Gasteiger partial charge in [-0.25, -0.2) is 9.80 Å². The highest BCUT2D eigenvalue weighted by Crippen LogP contribution is 2.19. The predicted octanol–water partition coefficient (Wildman–Crippen LogP) is 0.645. The van der Waals surface area contributed by atoms with Crippen molar-refractivity contribution in [3.63, 3.8) is 0 Å². The van der Waals surface area contributed by atoms with E-state index in [1.807, 2.05) is 0 Å². The van der Waals surface area contributed by atoms with E-state index in [1.54, 1.807) is 12.1 Å². The van der Waals surface area contributed by atoms with Crippen LogP contribution in [0.5, 0.6) is 5.75 Å². The number of ether oxygens (including phenoxy) is 2. The first-order chi connectivity index (χ1) is 12.9. The first-order valence-corrected chi connectivity index (χ1v) is 8.66. The van der Waals surface area contributed by atoms with Crippen LogP contribution in [0.3, 0.4) is 0 Å². The summed E-state index contributed by atoms with van der Waals surface area (Å²) in [6.07, 6.45) is 0.808. The Balaban J connectivity index is 1.64. The molecule has 0 saturated carbocycles. The molecule has 0 unspecified atom stereocenters. The van der Waals surface area contributed by atoms with E-state index in [-0.39, 0.29) is 35.9 Å². The van der Waals surface area contributed by atoms with Gasteiger partial charge in [0.2, 0.25) is 5.91 Å². The quantitative estimate of drug-likeness (QED) is 0.780. The van der Waals surface area contributed by atoms with Gasteiger partial charge in [0.25, 0.3) is 5.91 Å². The second kappa shape index (κ2) is 8.17. The summed E-state index contributed by atoms with van der Waals surface area (Å²) >= 11 is 0. The van der Waals surface area contributed by atoms with Gasteiger partial charge < -0.3 is 19.9 Å². The number of hydrogen-bond acceptors (Lipinski definition) is 6. The van der Waals surface area contributed by atoms with Crippen molar-refractivity contribution in [2.24, 2.45) is 5.10 Å². The number of rotatable bonds is 5. The molecule has 2 heterocycles. The zero-order valence-electron chi connectivity index (χ0n) is 14.9. The maximum Gasteiger partial charge on any atom is 0.335 e. The van der Waals surface area contributed by atoms with Crippen LogP contribution >= 0.6 is 0 Å². The van der Waals surface area contributed by atoms with E-state index in [2.05, 4.69) is 10.4 Å². The summed E-state index contributed by atoms with van der Waals surface area (Å²) in [7, 11) is 1.52. The van der Waals surface area contributed by atoms with Gasteiger partial charge in [-0.05, 0) is 24.3 Å². The molecule has 0 radical (unpaired) electrons. The fourth-order valence-corrected chi connectivity index (χ4v) is 2.93. The number of hydrazone groups is 1. The van der Waals surface area contributed by atoms with Crippen molar-refractivity contribution < 1.29 is 29.0 Å². The highest BCUT2D eigenvalue weighted by atomic mass is 16.5. The van der Waals surface area contributed by atoms with E-state index in [0.29, 0.717) is 37.5 Å². The van der Waals surface area contributed by atoms with Gasteiger partial charge in [0.1, 0.15) is 17.6 Å². The van der Waals surface area contributed by atoms with Crippen LogP contribution in [0.25, 0.3) is 0 Å². The van der Waals surface area contributed by atoms with Gasteiger partial charge in [-0.15, -0.1) is 0 Å². The molecular weight excluding hydrogens is 354 g/mol. The number of carbonyl (C=O) groups excluding carboxylic acids is 2. The van der Waals surface area contributed by atoms with Gasteiger partial charge >= 0.3 is 5.97 Å². The third-order valence-corrected chi connectivity index (χ3v) is 4.47. The van der Waals surface area contributed by atoms with Gasteiger partial charge in [-0.3, -0.25) is 9.59 Å². The van der Waals surface area contributed by atoms with Crippen LogP contribution in [0.15, 0.2) is 29.4 Å². The molecule has 27 heavy (non-hydrogen) atoms. The van der Waals surface area contributed by atoms with E-state index >= 15 is 0 Å². The molecule has 0 aromatic heterocycles. The SMILES string of the molecule is CN1N=C(C(=O)N[C@@H]2COCC[C@H]2Oc2ccc(C(=O)O)cc2)CCC1=O. The highest BCUT2D eigenvalue weighted by Gasteiger charge is 2.31. The normalized spacial score (nSPS) is 22.8. The first-order valence-electron chi connectivity index (χ1n) is 8.66. The topological polar surface area (TPSA) is 118 Å². The second-order valence-corrected chi connectivity index (χ2v) is 6.39. The van der Waals surface area contributed by atoms with E-state index < -0.39 is 5.97 Å². The van der Waals surface area contributed by atoms with Crippen molar-refractivity contribution in [3.8, 4) is 5.75 Å². The van der Waals surface area contributed by atoms with Crippen LogP contribution in [-0.4, -0.2) is 66.0 Å². The van der Waals surface area contributed by atoms with Gasteiger partial charge in [-0.2, -0.15) is 5.10 Å². The number of benzene rings is 1. The summed E-state index contributed by atoms with van der Waals surface area (Å²) < 4.78 is 11.4. The lowest BCUT2D eigenvalue weighted by molar-refractivity contribution is -0.130. The summed E-state index contributed by atoms with van der Waals surface area (Å²) in [5.41, 5.74) is 0.473. The molecule has 2 atom stereocenters. The second-order valence-electron chi connectivity index (χ2n) is 6.39. The number of amides is 2. The van der Waals surface area contributed by atoms with Crippen molar-refractivity contribution in [2.75, 3.05) is 20.3 Å². The minimum Gasteiger partial charge on any atom is -0.488 e. The van der Waals surface area contributed by atoms with Gasteiger partial charge in [0, 0.05) is 26.3 Å². The molecular formula is C18H21N3O6. The highest BCUT2D eigenvalue weighted by molar-refractivity contribution is 6.39. The molecule has 144 valence electrons. The largest absolute Gasteiger partial charge is 0.488 e. The van der Waals surface area contributed by atoms with Crippen LogP contribution in [-0.2, 0) is 14.3 Å². The Morgan fingerprint density at radius 2 is 2.04 bits per heavy atom. The minimum absolute atomic E-state index is 0.126. The maximum atomic E-state index is 12.5. The Kier molecular flexibility index (Phi) is 5.70. The molecule has 0 aliphatic carbocycles. The van der Waals surface area contributed by atoms with Crippen molar-refractivity contribution in [2.45, 2.75) is 31.4 Å². The van der Waals surface area contributed by atoms with Crippen LogP contribution in [0.4, 0.5) is 0 Å². The van der Waals surface area contributed by atoms with E-state index in [9.17, 15) is 14.4 Å². The fraction of sp³-hybridized carbons (Fsp3) is 0.444. The molecule has 0 bridgehead atoms. The monoisotopic (exact) mass is 375 g/mol. The van der Waals surface area contributed by atoms with Crippen molar-refractivity contribution in [3.05, 3.63) is 29.8 Å². The van der Waals surface area contributed by atoms with E-state index in [4.69, 9.17) is 14.6 Å². The Morgan fingerprint density at radius 3 is 2.70 bits per heavy atom. The zero-order valence-corrected chi connectivity index (χ0v) is 14.9. The minimum atomic E-state index is -1.01. The van der Waals surface area contributed by atoms with E-state index in [0.717, 1.165) is 0 Å². The number of nitrogens with one attached hydrogen (secondary N) is 1. The van der Waals surface area contributed by atoms with Crippen molar-refractivity contribution in [1.29, 1.82) is 0 Å². The third kappa shape index (κ3) is 4.62. The Labute approximate surface area is 155 Å². The first kappa shape index (κ1) is 18.8. The average molecular weight is 375 g/mol. The third-order valence-electron chi connectivity index (χ3n) is 4.47. The summed E-state index contributed by atoms with van der Waals surface area (Å²) in [6.45, 7) is 0.800. The maximum absolute atomic E-state index is 12.5. The number of nitrogens with zero attached hydrogens (tertiary/aromatic N) is 2. The summed E-state index contributed by atoms with van der Waals surface area (Å²) in [5, 5.41) is 17.0.